The molecule has 19 heavy (non-hydrogen) atoms. The van der Waals surface area contributed by atoms with Gasteiger partial charge in [-0.2, -0.15) is 0 Å². The molecule has 0 amide bonds. The van der Waals surface area contributed by atoms with Gasteiger partial charge in [-0.25, -0.2) is 4.39 Å². The van der Waals surface area contributed by atoms with E-state index < -0.39 is 0 Å². The lowest BCUT2D eigenvalue weighted by molar-refractivity contribution is 0.411. The van der Waals surface area contributed by atoms with Crippen LogP contribution in [0.1, 0.15) is 11.4 Å². The minimum absolute atomic E-state index is 0.284. The van der Waals surface area contributed by atoms with E-state index in [1.54, 1.807) is 12.1 Å². The highest BCUT2D eigenvalue weighted by molar-refractivity contribution is 7.98. The fourth-order valence-electron chi connectivity index (χ4n) is 1.56. The van der Waals surface area contributed by atoms with Crippen molar-refractivity contribution >= 4 is 11.8 Å². The number of benzene rings is 1. The molecule has 0 unspecified atom stereocenters. The van der Waals surface area contributed by atoms with Crippen LogP contribution in [0.4, 0.5) is 4.39 Å². The second kappa shape index (κ2) is 6.03. The molecular formula is C12H15FN4OS. The molecule has 2 rings (SSSR count). The summed E-state index contributed by atoms with van der Waals surface area (Å²) in [5.41, 5.74) is 6.12. The Bertz CT molecular complexity index is 573. The second-order valence-electron chi connectivity index (χ2n) is 3.91. The van der Waals surface area contributed by atoms with Crippen LogP contribution in [-0.2, 0) is 19.3 Å². The first-order chi connectivity index (χ1) is 9.15. The lowest BCUT2D eigenvalue weighted by atomic mass is 10.2. The van der Waals surface area contributed by atoms with Gasteiger partial charge in [-0.15, -0.1) is 10.2 Å². The molecule has 2 aromatic rings. The standard InChI is InChI=1S/C12H15FN4OS/c1-17-11(6-14)15-16-12(17)19-7-8-3-4-9(18-2)5-10(8)13/h3-5H,6-7,14H2,1-2H3. The van der Waals surface area contributed by atoms with E-state index in [2.05, 4.69) is 10.2 Å². The van der Waals surface area contributed by atoms with Crippen LogP contribution >= 0.6 is 11.8 Å². The average molecular weight is 282 g/mol. The summed E-state index contributed by atoms with van der Waals surface area (Å²) in [6.45, 7) is 0.334. The first-order valence-electron chi connectivity index (χ1n) is 5.69. The van der Waals surface area contributed by atoms with E-state index in [1.165, 1.54) is 24.9 Å². The van der Waals surface area contributed by atoms with Gasteiger partial charge in [-0.1, -0.05) is 17.8 Å². The number of halogens is 1. The zero-order valence-electron chi connectivity index (χ0n) is 10.8. The number of ether oxygens (including phenoxy) is 1. The number of hydrogen-bond acceptors (Lipinski definition) is 5. The highest BCUT2D eigenvalue weighted by Gasteiger charge is 2.10. The summed E-state index contributed by atoms with van der Waals surface area (Å²) >= 11 is 1.42. The van der Waals surface area contributed by atoms with Crippen LogP contribution < -0.4 is 10.5 Å². The van der Waals surface area contributed by atoms with Crippen LogP contribution in [0.15, 0.2) is 23.4 Å². The summed E-state index contributed by atoms with van der Waals surface area (Å²) < 4.78 is 20.5. The molecule has 102 valence electrons. The van der Waals surface area contributed by atoms with Gasteiger partial charge in [0.2, 0.25) is 0 Å². The third-order valence-corrected chi connectivity index (χ3v) is 3.79. The van der Waals surface area contributed by atoms with Gasteiger partial charge in [0.05, 0.1) is 13.7 Å². The zero-order chi connectivity index (χ0) is 13.8. The number of methoxy groups -OCH3 is 1. The third kappa shape index (κ3) is 3.05. The van der Waals surface area contributed by atoms with E-state index in [0.717, 1.165) is 5.16 Å². The molecule has 0 fully saturated rings. The van der Waals surface area contributed by atoms with E-state index in [4.69, 9.17) is 10.5 Å². The van der Waals surface area contributed by atoms with Crippen LogP contribution in [0.2, 0.25) is 0 Å². The first kappa shape index (κ1) is 13.8. The number of hydrogen-bond donors (Lipinski definition) is 1. The van der Waals surface area contributed by atoms with Gasteiger partial charge in [-0.05, 0) is 11.6 Å². The minimum atomic E-state index is -0.284. The topological polar surface area (TPSA) is 66.0 Å². The summed E-state index contributed by atoms with van der Waals surface area (Å²) in [6.07, 6.45) is 0. The smallest absolute Gasteiger partial charge is 0.191 e. The summed E-state index contributed by atoms with van der Waals surface area (Å²) in [4.78, 5) is 0. The summed E-state index contributed by atoms with van der Waals surface area (Å²) in [5, 5.41) is 8.68. The predicted octanol–water partition coefficient (Wildman–Crippen LogP) is 1.71. The first-order valence-corrected chi connectivity index (χ1v) is 6.67. The molecule has 1 aromatic carbocycles. The molecule has 0 atom stereocenters. The van der Waals surface area contributed by atoms with Gasteiger partial charge in [0, 0.05) is 18.9 Å². The Morgan fingerprint density at radius 3 is 2.79 bits per heavy atom. The fraction of sp³-hybridized carbons (Fsp3) is 0.333. The maximum Gasteiger partial charge on any atom is 0.191 e. The molecule has 0 saturated heterocycles. The Morgan fingerprint density at radius 2 is 2.21 bits per heavy atom. The molecule has 0 aliphatic rings. The van der Waals surface area contributed by atoms with Crippen molar-refractivity contribution in [3.8, 4) is 5.75 Å². The zero-order valence-corrected chi connectivity index (χ0v) is 11.6. The molecular weight excluding hydrogens is 267 g/mol. The van der Waals surface area contributed by atoms with Crippen LogP contribution in [0.5, 0.6) is 5.75 Å². The summed E-state index contributed by atoms with van der Waals surface area (Å²) in [7, 11) is 3.35. The normalized spacial score (nSPS) is 10.7. The van der Waals surface area contributed by atoms with Crippen LogP contribution in [0, 0.1) is 5.82 Å². The Morgan fingerprint density at radius 1 is 1.42 bits per heavy atom. The molecule has 1 heterocycles. The fourth-order valence-corrected chi connectivity index (χ4v) is 2.48. The number of nitrogens with zero attached hydrogens (tertiary/aromatic N) is 3. The molecule has 7 heteroatoms. The quantitative estimate of drug-likeness (QED) is 0.846. The Kier molecular flexibility index (Phi) is 4.39. The van der Waals surface area contributed by atoms with Crippen LogP contribution in [-0.4, -0.2) is 21.9 Å². The van der Waals surface area contributed by atoms with Crippen LogP contribution in [0.25, 0.3) is 0 Å². The van der Waals surface area contributed by atoms with Crippen molar-refractivity contribution < 1.29 is 9.13 Å². The maximum atomic E-state index is 13.8. The lowest BCUT2D eigenvalue weighted by Crippen LogP contribution is -2.05. The number of aromatic nitrogens is 3. The van der Waals surface area contributed by atoms with Crippen LogP contribution in [0.3, 0.4) is 0 Å². The van der Waals surface area contributed by atoms with Crippen molar-refractivity contribution in [3.05, 3.63) is 35.4 Å². The SMILES string of the molecule is COc1ccc(CSc2nnc(CN)n2C)c(F)c1. The van der Waals surface area contributed by atoms with Crippen molar-refractivity contribution in [1.82, 2.24) is 14.8 Å². The van der Waals surface area contributed by atoms with Crippen molar-refractivity contribution in [2.45, 2.75) is 17.5 Å². The molecule has 2 N–H and O–H groups in total. The van der Waals surface area contributed by atoms with Gasteiger partial charge >= 0.3 is 0 Å². The number of nitrogens with two attached hydrogens (primary N) is 1. The Hall–Kier alpha value is -1.60. The maximum absolute atomic E-state index is 13.8. The summed E-state index contributed by atoms with van der Waals surface area (Å²) in [6, 6.07) is 4.82. The van der Waals surface area contributed by atoms with E-state index >= 15 is 0 Å². The van der Waals surface area contributed by atoms with E-state index in [0.29, 0.717) is 29.4 Å². The van der Waals surface area contributed by atoms with Gasteiger partial charge < -0.3 is 15.0 Å². The highest BCUT2D eigenvalue weighted by Crippen LogP contribution is 2.24. The molecule has 0 radical (unpaired) electrons. The number of rotatable bonds is 5. The van der Waals surface area contributed by atoms with Gasteiger partial charge in [0.25, 0.3) is 0 Å². The lowest BCUT2D eigenvalue weighted by Gasteiger charge is -2.05. The molecule has 0 aliphatic carbocycles. The molecule has 0 aliphatic heterocycles. The monoisotopic (exact) mass is 282 g/mol. The second-order valence-corrected chi connectivity index (χ2v) is 4.85. The van der Waals surface area contributed by atoms with E-state index in [9.17, 15) is 4.39 Å². The third-order valence-electron chi connectivity index (χ3n) is 2.72. The van der Waals surface area contributed by atoms with Crippen molar-refractivity contribution in [2.24, 2.45) is 12.8 Å². The molecule has 1 aromatic heterocycles. The van der Waals surface area contributed by atoms with E-state index in [-0.39, 0.29) is 5.82 Å². The minimum Gasteiger partial charge on any atom is -0.497 e. The molecule has 5 nitrogen and oxygen atoms in total. The van der Waals surface area contributed by atoms with Gasteiger partial charge in [0.15, 0.2) is 5.16 Å². The largest absolute Gasteiger partial charge is 0.497 e. The molecule has 0 saturated carbocycles. The van der Waals surface area contributed by atoms with Gasteiger partial charge in [0.1, 0.15) is 17.4 Å². The van der Waals surface area contributed by atoms with Crippen molar-refractivity contribution in [3.63, 3.8) is 0 Å². The average Bonchev–Trinajstić information content (AvgIpc) is 2.78. The van der Waals surface area contributed by atoms with Gasteiger partial charge in [-0.3, -0.25) is 0 Å². The number of thioether (sulfide) groups is 1. The van der Waals surface area contributed by atoms with Crippen molar-refractivity contribution in [2.75, 3.05) is 7.11 Å². The van der Waals surface area contributed by atoms with E-state index in [1.807, 2.05) is 11.6 Å². The predicted molar refractivity (Wildman–Crippen MR) is 71.4 cm³/mol. The molecule has 0 bridgehead atoms. The summed E-state index contributed by atoms with van der Waals surface area (Å²) in [5.74, 6) is 1.41. The molecule has 0 spiro atoms. The Labute approximate surface area is 115 Å². The highest BCUT2D eigenvalue weighted by atomic mass is 32.2. The Balaban J connectivity index is 2.08. The van der Waals surface area contributed by atoms with Crippen molar-refractivity contribution in [1.29, 1.82) is 0 Å².